The molecule has 0 amide bonds. The third-order valence-corrected chi connectivity index (χ3v) is 3.84. The van der Waals surface area contributed by atoms with Crippen molar-refractivity contribution < 1.29 is 13.9 Å². The molecule has 0 saturated carbocycles. The van der Waals surface area contributed by atoms with Crippen molar-refractivity contribution in [1.82, 2.24) is 9.59 Å². The first-order valence-electron chi connectivity index (χ1n) is 6.18. The average Bonchev–Trinajstić information content (AvgIpc) is 2.83. The number of aliphatic hydroxyl groups is 1. The van der Waals surface area contributed by atoms with Gasteiger partial charge in [-0.05, 0) is 30.1 Å². The van der Waals surface area contributed by atoms with Gasteiger partial charge in [0.15, 0.2) is 0 Å². The Bertz CT molecular complexity index is 635. The third-order valence-electron chi connectivity index (χ3n) is 3.07. The van der Waals surface area contributed by atoms with Gasteiger partial charge in [0, 0.05) is 5.41 Å². The Labute approximate surface area is 120 Å². The van der Waals surface area contributed by atoms with Gasteiger partial charge in [0.05, 0.1) is 16.1 Å². The molecular formula is C14H16F2N2OS. The lowest BCUT2D eigenvalue weighted by molar-refractivity contribution is 0.209. The second-order valence-corrected chi connectivity index (χ2v) is 6.52. The molecule has 108 valence electrons. The van der Waals surface area contributed by atoms with Crippen molar-refractivity contribution in [2.75, 3.05) is 0 Å². The van der Waals surface area contributed by atoms with Crippen LogP contribution in [0.5, 0.6) is 0 Å². The first-order chi connectivity index (χ1) is 9.23. The van der Waals surface area contributed by atoms with Gasteiger partial charge in [-0.2, -0.15) is 0 Å². The summed E-state index contributed by atoms with van der Waals surface area (Å²) >= 11 is 0.958. The first kappa shape index (κ1) is 15.0. The second kappa shape index (κ2) is 5.18. The molecule has 6 heteroatoms. The number of benzene rings is 1. The van der Waals surface area contributed by atoms with Crippen LogP contribution >= 0.6 is 11.5 Å². The van der Waals surface area contributed by atoms with Crippen molar-refractivity contribution in [3.8, 4) is 0 Å². The van der Waals surface area contributed by atoms with Gasteiger partial charge in [-0.1, -0.05) is 31.3 Å². The minimum absolute atomic E-state index is 0.287. The molecule has 2 aromatic rings. The molecule has 1 atom stereocenters. The van der Waals surface area contributed by atoms with E-state index in [0.717, 1.165) is 17.6 Å². The van der Waals surface area contributed by atoms with Crippen LogP contribution in [0, 0.1) is 18.6 Å². The largest absolute Gasteiger partial charge is 0.382 e. The van der Waals surface area contributed by atoms with Gasteiger partial charge >= 0.3 is 0 Å². The molecule has 3 nitrogen and oxygen atoms in total. The number of rotatable bonds is 2. The quantitative estimate of drug-likeness (QED) is 0.923. The summed E-state index contributed by atoms with van der Waals surface area (Å²) in [4.78, 5) is 0.376. The number of aryl methyl sites for hydroxylation is 1. The van der Waals surface area contributed by atoms with Crippen LogP contribution in [0.25, 0.3) is 0 Å². The van der Waals surface area contributed by atoms with Gasteiger partial charge in [-0.3, -0.25) is 0 Å². The number of nitrogens with zero attached hydrogens (tertiary/aromatic N) is 2. The minimum atomic E-state index is -1.40. The van der Waals surface area contributed by atoms with E-state index in [-0.39, 0.29) is 16.5 Å². The van der Waals surface area contributed by atoms with E-state index in [9.17, 15) is 13.9 Å². The molecule has 0 spiro atoms. The van der Waals surface area contributed by atoms with Crippen molar-refractivity contribution in [2.45, 2.75) is 39.2 Å². The Hall–Kier alpha value is -1.40. The lowest BCUT2D eigenvalue weighted by atomic mass is 9.89. The van der Waals surface area contributed by atoms with Crippen molar-refractivity contribution in [3.63, 3.8) is 0 Å². The van der Waals surface area contributed by atoms with Crippen LogP contribution in [-0.2, 0) is 5.41 Å². The molecule has 0 aliphatic carbocycles. The molecule has 0 saturated heterocycles. The minimum Gasteiger partial charge on any atom is -0.382 e. The lowest BCUT2D eigenvalue weighted by Crippen LogP contribution is -2.17. The van der Waals surface area contributed by atoms with Crippen LogP contribution < -0.4 is 0 Å². The van der Waals surface area contributed by atoms with E-state index in [0.29, 0.717) is 10.6 Å². The maximum absolute atomic E-state index is 14.1. The van der Waals surface area contributed by atoms with E-state index in [4.69, 9.17) is 0 Å². The van der Waals surface area contributed by atoms with E-state index in [1.807, 2.05) is 20.8 Å². The first-order valence-corrected chi connectivity index (χ1v) is 6.96. The molecule has 0 aliphatic heterocycles. The van der Waals surface area contributed by atoms with Crippen LogP contribution in [0.2, 0.25) is 0 Å². The van der Waals surface area contributed by atoms with Crippen LogP contribution in [-0.4, -0.2) is 14.7 Å². The fourth-order valence-corrected chi connectivity index (χ4v) is 2.82. The summed E-state index contributed by atoms with van der Waals surface area (Å²) < 4.78 is 31.8. The van der Waals surface area contributed by atoms with Gasteiger partial charge in [0.1, 0.15) is 17.7 Å². The molecular weight excluding hydrogens is 282 g/mol. The van der Waals surface area contributed by atoms with Crippen molar-refractivity contribution in [3.05, 3.63) is 45.5 Å². The molecule has 0 radical (unpaired) electrons. The standard InChI is InChI=1S/C14H16F2N2OS/c1-7-5-6-8(15)9(10(7)16)11(19)12-13(14(2,3)4)17-18-20-12/h5-6,11,19H,1-4H3. The molecule has 1 aromatic heterocycles. The zero-order valence-electron chi connectivity index (χ0n) is 11.7. The fourth-order valence-electron chi connectivity index (χ4n) is 1.96. The maximum atomic E-state index is 14.1. The van der Waals surface area contributed by atoms with Crippen molar-refractivity contribution in [2.24, 2.45) is 0 Å². The zero-order chi connectivity index (χ0) is 15.1. The molecule has 0 bridgehead atoms. The van der Waals surface area contributed by atoms with Gasteiger partial charge in [-0.25, -0.2) is 8.78 Å². The molecule has 0 fully saturated rings. The highest BCUT2D eigenvalue weighted by Gasteiger charge is 2.30. The fraction of sp³-hybridized carbons (Fsp3) is 0.429. The monoisotopic (exact) mass is 298 g/mol. The Morgan fingerprint density at radius 1 is 1.25 bits per heavy atom. The number of halogens is 2. The highest BCUT2D eigenvalue weighted by molar-refractivity contribution is 7.05. The normalized spacial score (nSPS) is 13.6. The van der Waals surface area contributed by atoms with Gasteiger partial charge in [0.25, 0.3) is 0 Å². The molecule has 1 aromatic carbocycles. The van der Waals surface area contributed by atoms with E-state index >= 15 is 0 Å². The summed E-state index contributed by atoms with van der Waals surface area (Å²) in [5.74, 6) is -1.50. The van der Waals surface area contributed by atoms with Crippen molar-refractivity contribution >= 4 is 11.5 Å². The summed E-state index contributed by atoms with van der Waals surface area (Å²) in [5.41, 5.74) is 0.132. The van der Waals surface area contributed by atoms with Gasteiger partial charge in [-0.15, -0.1) is 5.10 Å². The predicted octanol–water partition coefficient (Wildman–Crippen LogP) is 3.50. The van der Waals surface area contributed by atoms with E-state index in [1.165, 1.54) is 13.0 Å². The number of aromatic nitrogens is 2. The van der Waals surface area contributed by atoms with Crippen LogP contribution in [0.3, 0.4) is 0 Å². The molecule has 1 N–H and O–H groups in total. The highest BCUT2D eigenvalue weighted by Crippen LogP contribution is 2.35. The summed E-state index contributed by atoms with van der Waals surface area (Å²) in [7, 11) is 0. The van der Waals surface area contributed by atoms with Gasteiger partial charge in [0.2, 0.25) is 0 Å². The Balaban J connectivity index is 2.56. The Morgan fingerprint density at radius 2 is 1.90 bits per heavy atom. The topological polar surface area (TPSA) is 46.0 Å². The highest BCUT2D eigenvalue weighted by atomic mass is 32.1. The van der Waals surface area contributed by atoms with Crippen molar-refractivity contribution in [1.29, 1.82) is 0 Å². The third kappa shape index (κ3) is 2.58. The predicted molar refractivity (Wildman–Crippen MR) is 73.8 cm³/mol. The van der Waals surface area contributed by atoms with E-state index in [1.54, 1.807) is 0 Å². The molecule has 2 rings (SSSR count). The van der Waals surface area contributed by atoms with Gasteiger partial charge < -0.3 is 5.11 Å². The molecule has 0 aliphatic rings. The van der Waals surface area contributed by atoms with Crippen LogP contribution in [0.4, 0.5) is 8.78 Å². The maximum Gasteiger partial charge on any atom is 0.135 e. The smallest absolute Gasteiger partial charge is 0.135 e. The Morgan fingerprint density at radius 3 is 2.50 bits per heavy atom. The lowest BCUT2D eigenvalue weighted by Gasteiger charge is -2.20. The Kier molecular flexibility index (Phi) is 3.88. The van der Waals surface area contributed by atoms with Crippen LogP contribution in [0.15, 0.2) is 12.1 Å². The molecule has 20 heavy (non-hydrogen) atoms. The summed E-state index contributed by atoms with van der Waals surface area (Å²) in [5, 5.41) is 14.3. The van der Waals surface area contributed by atoms with E-state index in [2.05, 4.69) is 9.59 Å². The zero-order valence-corrected chi connectivity index (χ0v) is 12.6. The number of aliphatic hydroxyl groups excluding tert-OH is 1. The summed E-state index contributed by atoms with van der Waals surface area (Å²) in [6, 6.07) is 2.50. The van der Waals surface area contributed by atoms with Crippen LogP contribution in [0.1, 0.15) is 48.6 Å². The number of hydrogen-bond acceptors (Lipinski definition) is 4. The molecule has 1 unspecified atom stereocenters. The summed E-state index contributed by atoms with van der Waals surface area (Å²) in [6.45, 7) is 7.25. The molecule has 1 heterocycles. The average molecular weight is 298 g/mol. The van der Waals surface area contributed by atoms with E-state index < -0.39 is 17.7 Å². The second-order valence-electron chi connectivity index (χ2n) is 5.73. The number of hydrogen-bond donors (Lipinski definition) is 1. The summed E-state index contributed by atoms with van der Waals surface area (Å²) in [6.07, 6.45) is -1.40. The SMILES string of the molecule is Cc1ccc(F)c(C(O)c2snnc2C(C)(C)C)c1F.